The van der Waals surface area contributed by atoms with Crippen LogP contribution in [0.3, 0.4) is 0 Å². The summed E-state index contributed by atoms with van der Waals surface area (Å²) in [6.45, 7) is 1.10. The molecule has 0 radical (unpaired) electrons. The Balaban J connectivity index is 2.28. The molecule has 0 aromatic heterocycles. The molecule has 4 heteroatoms. The highest BCUT2D eigenvalue weighted by Gasteiger charge is 2.26. The maximum absolute atomic E-state index is 5.48. The van der Waals surface area contributed by atoms with Crippen molar-refractivity contribution in [3.63, 3.8) is 0 Å². The van der Waals surface area contributed by atoms with Gasteiger partial charge >= 0.3 is 0 Å². The summed E-state index contributed by atoms with van der Waals surface area (Å²) >= 11 is 0. The zero-order chi connectivity index (χ0) is 13.0. The molecule has 1 aromatic carbocycles. The van der Waals surface area contributed by atoms with Crippen LogP contribution in [0.15, 0.2) is 18.2 Å². The van der Waals surface area contributed by atoms with Crippen LogP contribution in [0.25, 0.3) is 0 Å². The van der Waals surface area contributed by atoms with Crippen molar-refractivity contribution >= 4 is 0 Å². The molecule has 0 saturated carbocycles. The van der Waals surface area contributed by atoms with Crippen LogP contribution in [0, 0.1) is 0 Å². The highest BCUT2D eigenvalue weighted by molar-refractivity contribution is 5.43. The Hall–Kier alpha value is -1.26. The summed E-state index contributed by atoms with van der Waals surface area (Å²) < 4.78 is 10.7. The van der Waals surface area contributed by atoms with E-state index in [1.807, 2.05) is 19.2 Å². The second kappa shape index (κ2) is 6.07. The lowest BCUT2D eigenvalue weighted by molar-refractivity contribution is 0.373. The van der Waals surface area contributed by atoms with Gasteiger partial charge in [0.15, 0.2) is 0 Å². The maximum Gasteiger partial charge on any atom is 0.127 e. The molecule has 1 aliphatic heterocycles. The normalized spacial score (nSPS) is 20.7. The van der Waals surface area contributed by atoms with Crippen LogP contribution < -0.4 is 20.1 Å². The van der Waals surface area contributed by atoms with Gasteiger partial charge in [0.05, 0.1) is 20.3 Å². The molecule has 4 nitrogen and oxygen atoms in total. The molecule has 2 unspecified atom stereocenters. The lowest BCUT2D eigenvalue weighted by atomic mass is 9.97. The van der Waals surface area contributed by atoms with Gasteiger partial charge in [0.25, 0.3) is 0 Å². The lowest BCUT2D eigenvalue weighted by Gasteiger charge is -2.25. The summed E-state index contributed by atoms with van der Waals surface area (Å²) in [6, 6.07) is 6.75. The Labute approximate surface area is 109 Å². The lowest BCUT2D eigenvalue weighted by Crippen LogP contribution is -2.36. The molecule has 1 fully saturated rings. The number of ether oxygens (including phenoxy) is 2. The van der Waals surface area contributed by atoms with Gasteiger partial charge in [-0.25, -0.2) is 0 Å². The minimum atomic E-state index is 0.272. The van der Waals surface area contributed by atoms with E-state index in [0.717, 1.165) is 18.0 Å². The minimum Gasteiger partial charge on any atom is -0.497 e. The van der Waals surface area contributed by atoms with E-state index in [2.05, 4.69) is 16.7 Å². The van der Waals surface area contributed by atoms with E-state index in [0.29, 0.717) is 6.04 Å². The van der Waals surface area contributed by atoms with Gasteiger partial charge in [-0.15, -0.1) is 0 Å². The molecule has 18 heavy (non-hydrogen) atoms. The zero-order valence-corrected chi connectivity index (χ0v) is 11.3. The largest absolute Gasteiger partial charge is 0.497 e. The quantitative estimate of drug-likeness (QED) is 0.835. The van der Waals surface area contributed by atoms with Crippen molar-refractivity contribution in [2.75, 3.05) is 27.8 Å². The molecule has 100 valence electrons. The first-order valence-corrected chi connectivity index (χ1v) is 6.42. The van der Waals surface area contributed by atoms with Crippen LogP contribution in [-0.4, -0.2) is 33.9 Å². The van der Waals surface area contributed by atoms with Crippen molar-refractivity contribution in [2.24, 2.45) is 0 Å². The van der Waals surface area contributed by atoms with Crippen LogP contribution >= 0.6 is 0 Å². The fourth-order valence-corrected chi connectivity index (χ4v) is 2.64. The predicted molar refractivity (Wildman–Crippen MR) is 72.4 cm³/mol. The average Bonchev–Trinajstić information content (AvgIpc) is 2.94. The van der Waals surface area contributed by atoms with Crippen molar-refractivity contribution in [3.05, 3.63) is 23.8 Å². The maximum atomic E-state index is 5.48. The first-order chi connectivity index (χ1) is 8.80. The van der Waals surface area contributed by atoms with Crippen molar-refractivity contribution in [1.29, 1.82) is 0 Å². The van der Waals surface area contributed by atoms with E-state index in [-0.39, 0.29) is 6.04 Å². The second-order valence-corrected chi connectivity index (χ2v) is 4.58. The summed E-state index contributed by atoms with van der Waals surface area (Å²) in [5.74, 6) is 1.70. The molecule has 2 rings (SSSR count). The highest BCUT2D eigenvalue weighted by Crippen LogP contribution is 2.32. The van der Waals surface area contributed by atoms with Gasteiger partial charge in [-0.1, -0.05) is 6.07 Å². The van der Waals surface area contributed by atoms with Crippen LogP contribution in [0.4, 0.5) is 0 Å². The first kappa shape index (κ1) is 13.2. The Bertz CT molecular complexity index is 389. The molecular weight excluding hydrogens is 228 g/mol. The third-order valence-corrected chi connectivity index (χ3v) is 3.59. The molecule has 0 amide bonds. The number of nitrogens with one attached hydrogen (secondary N) is 2. The molecule has 0 aliphatic carbocycles. The summed E-state index contributed by atoms with van der Waals surface area (Å²) in [5, 5.41) is 6.93. The molecular formula is C14H22N2O2. The number of benzene rings is 1. The minimum absolute atomic E-state index is 0.272. The van der Waals surface area contributed by atoms with E-state index in [1.165, 1.54) is 18.4 Å². The van der Waals surface area contributed by atoms with E-state index >= 15 is 0 Å². The van der Waals surface area contributed by atoms with Gasteiger partial charge < -0.3 is 20.1 Å². The van der Waals surface area contributed by atoms with Crippen LogP contribution in [0.2, 0.25) is 0 Å². The predicted octanol–water partition coefficient (Wildman–Crippen LogP) is 1.72. The van der Waals surface area contributed by atoms with Crippen molar-refractivity contribution in [1.82, 2.24) is 10.6 Å². The molecule has 2 N–H and O–H groups in total. The van der Waals surface area contributed by atoms with Crippen molar-refractivity contribution < 1.29 is 9.47 Å². The van der Waals surface area contributed by atoms with Gasteiger partial charge in [-0.2, -0.15) is 0 Å². The van der Waals surface area contributed by atoms with Crippen molar-refractivity contribution in [3.8, 4) is 11.5 Å². The Morgan fingerprint density at radius 3 is 2.72 bits per heavy atom. The monoisotopic (exact) mass is 250 g/mol. The summed E-state index contributed by atoms with van der Waals surface area (Å²) in [7, 11) is 5.37. The Kier molecular flexibility index (Phi) is 4.44. The van der Waals surface area contributed by atoms with Gasteiger partial charge in [0, 0.05) is 17.7 Å². The van der Waals surface area contributed by atoms with Gasteiger partial charge in [0.2, 0.25) is 0 Å². The van der Waals surface area contributed by atoms with Crippen LogP contribution in [-0.2, 0) is 0 Å². The number of hydrogen-bond donors (Lipinski definition) is 2. The van der Waals surface area contributed by atoms with E-state index in [1.54, 1.807) is 14.2 Å². The van der Waals surface area contributed by atoms with E-state index in [9.17, 15) is 0 Å². The number of hydrogen-bond acceptors (Lipinski definition) is 4. The van der Waals surface area contributed by atoms with E-state index in [4.69, 9.17) is 9.47 Å². The Morgan fingerprint density at radius 1 is 1.33 bits per heavy atom. The number of methoxy groups -OCH3 is 2. The fourth-order valence-electron chi connectivity index (χ4n) is 2.64. The van der Waals surface area contributed by atoms with Gasteiger partial charge in [0.1, 0.15) is 11.5 Å². The topological polar surface area (TPSA) is 42.5 Å². The van der Waals surface area contributed by atoms with Gasteiger partial charge in [-0.3, -0.25) is 0 Å². The summed E-state index contributed by atoms with van der Waals surface area (Å²) in [6.07, 6.45) is 2.43. The number of likely N-dealkylation sites (N-methyl/N-ethyl adjacent to an activating group) is 1. The molecule has 1 saturated heterocycles. The van der Waals surface area contributed by atoms with Crippen LogP contribution in [0.5, 0.6) is 11.5 Å². The average molecular weight is 250 g/mol. The molecule has 2 atom stereocenters. The molecule has 0 spiro atoms. The number of rotatable bonds is 5. The molecule has 1 aliphatic rings. The van der Waals surface area contributed by atoms with E-state index < -0.39 is 0 Å². The second-order valence-electron chi connectivity index (χ2n) is 4.58. The molecule has 0 bridgehead atoms. The van der Waals surface area contributed by atoms with Crippen LogP contribution in [0.1, 0.15) is 24.4 Å². The highest BCUT2D eigenvalue weighted by atomic mass is 16.5. The van der Waals surface area contributed by atoms with Gasteiger partial charge in [-0.05, 0) is 32.5 Å². The molecule has 1 aromatic rings. The first-order valence-electron chi connectivity index (χ1n) is 6.42. The summed E-state index contributed by atoms with van der Waals surface area (Å²) in [5.41, 5.74) is 1.18. The zero-order valence-electron chi connectivity index (χ0n) is 11.3. The molecule has 1 heterocycles. The SMILES string of the molecule is CNC(c1ccc(OC)cc1OC)C1CCCN1. The standard InChI is InChI=1S/C14H22N2O2/c1-15-14(12-5-4-8-16-12)11-7-6-10(17-2)9-13(11)18-3/h6-7,9,12,14-16H,4-5,8H2,1-3H3. The smallest absolute Gasteiger partial charge is 0.127 e. The Morgan fingerprint density at radius 2 is 2.17 bits per heavy atom. The third kappa shape index (κ3) is 2.60. The summed E-state index contributed by atoms with van der Waals surface area (Å²) in [4.78, 5) is 0. The third-order valence-electron chi connectivity index (χ3n) is 3.59. The fraction of sp³-hybridized carbons (Fsp3) is 0.571. The van der Waals surface area contributed by atoms with Crippen molar-refractivity contribution in [2.45, 2.75) is 24.9 Å².